The maximum Gasteiger partial charge on any atom is 0.415 e. The van der Waals surface area contributed by atoms with Crippen LogP contribution in [0.3, 0.4) is 0 Å². The van der Waals surface area contributed by atoms with E-state index >= 15 is 0 Å². The lowest BCUT2D eigenvalue weighted by molar-refractivity contribution is 0.154. The maximum absolute atomic E-state index is 12.9. The average molecular weight is 417 g/mol. The number of aliphatic hydroxyl groups excluding tert-OH is 1. The molecule has 0 saturated heterocycles. The Morgan fingerprint density at radius 1 is 0.929 bits per heavy atom. The van der Waals surface area contributed by atoms with Gasteiger partial charge in [0.1, 0.15) is 6.61 Å². The lowest BCUT2D eigenvalue weighted by Crippen LogP contribution is -2.41. The molecule has 1 heterocycles. The summed E-state index contributed by atoms with van der Waals surface area (Å²) in [5, 5.41) is 11.0. The van der Waals surface area contributed by atoms with Crippen LogP contribution in [0.4, 0.5) is 21.0 Å². The molecule has 0 bridgehead atoms. The van der Waals surface area contributed by atoms with Crippen molar-refractivity contribution in [1.29, 1.82) is 0 Å². The number of nitrogens with zero attached hydrogens (tertiary/aromatic N) is 1. The number of para-hydroxylation sites is 2. The van der Waals surface area contributed by atoms with E-state index in [-0.39, 0.29) is 13.2 Å². The molecule has 0 unspecified atom stereocenters. The smallest absolute Gasteiger partial charge is 0.415 e. The van der Waals surface area contributed by atoms with Crippen LogP contribution in [-0.4, -0.2) is 42.0 Å². The first-order chi connectivity index (χ1) is 13.7. The van der Waals surface area contributed by atoms with Gasteiger partial charge < -0.3 is 9.84 Å². The summed E-state index contributed by atoms with van der Waals surface area (Å²) >= 11 is 0. The van der Waals surface area contributed by atoms with Crippen molar-refractivity contribution in [3.8, 4) is 0 Å². The first-order valence-electron chi connectivity index (χ1n) is 8.70. The number of carbonyl (C=O) groups excluding carboxylic acids is 2. The molecule has 0 radical (unpaired) electrons. The van der Waals surface area contributed by atoms with Gasteiger partial charge in [0, 0.05) is 11.5 Å². The normalized spacial score (nSPS) is 12.0. The van der Waals surface area contributed by atoms with Gasteiger partial charge in [0.2, 0.25) is 0 Å². The summed E-state index contributed by atoms with van der Waals surface area (Å²) in [5.74, 6) is 1.20. The zero-order chi connectivity index (χ0) is 19.8. The van der Waals surface area contributed by atoms with Crippen LogP contribution < -0.4 is 10.2 Å². The first kappa shape index (κ1) is 20.3. The average Bonchev–Trinajstić information content (AvgIpc) is 2.87. The molecule has 3 rings (SSSR count). The van der Waals surface area contributed by atoms with E-state index in [1.54, 1.807) is 0 Å². The van der Waals surface area contributed by atoms with E-state index in [4.69, 9.17) is 9.84 Å². The van der Waals surface area contributed by atoms with Gasteiger partial charge in [0.15, 0.2) is 0 Å². The Balaban J connectivity index is 1.69. The third-order valence-corrected chi connectivity index (χ3v) is 6.22. The SMILES string of the molecule is O=C(NC(=O)N1c2ccccc2C=Cc2ccccc21)OCCSSCCO. The molecular formula is C20H20N2O4S2. The number of carbonyl (C=O) groups is 2. The number of benzene rings is 2. The van der Waals surface area contributed by atoms with Crippen molar-refractivity contribution >= 4 is 57.2 Å². The van der Waals surface area contributed by atoms with Crippen LogP contribution in [0.5, 0.6) is 0 Å². The van der Waals surface area contributed by atoms with Crippen molar-refractivity contribution in [3.63, 3.8) is 0 Å². The van der Waals surface area contributed by atoms with Crippen molar-refractivity contribution in [2.75, 3.05) is 29.6 Å². The maximum atomic E-state index is 12.9. The molecule has 2 N–H and O–H groups in total. The lowest BCUT2D eigenvalue weighted by atomic mass is 10.1. The number of hydrogen-bond donors (Lipinski definition) is 2. The van der Waals surface area contributed by atoms with Gasteiger partial charge in [-0.25, -0.2) is 14.9 Å². The van der Waals surface area contributed by atoms with Crippen molar-refractivity contribution in [1.82, 2.24) is 5.32 Å². The third-order valence-electron chi connectivity index (χ3n) is 3.87. The van der Waals surface area contributed by atoms with Gasteiger partial charge in [-0.15, -0.1) is 0 Å². The number of ether oxygens (including phenoxy) is 1. The van der Waals surface area contributed by atoms with Gasteiger partial charge in [-0.05, 0) is 23.3 Å². The van der Waals surface area contributed by atoms with Gasteiger partial charge in [-0.3, -0.25) is 4.90 Å². The van der Waals surface area contributed by atoms with Crippen LogP contribution in [0, 0.1) is 0 Å². The topological polar surface area (TPSA) is 78.9 Å². The highest BCUT2D eigenvalue weighted by molar-refractivity contribution is 8.76. The molecular weight excluding hydrogens is 396 g/mol. The molecule has 28 heavy (non-hydrogen) atoms. The van der Waals surface area contributed by atoms with E-state index in [2.05, 4.69) is 5.32 Å². The Morgan fingerprint density at radius 3 is 2.11 bits per heavy atom. The molecule has 0 aliphatic carbocycles. The largest absolute Gasteiger partial charge is 0.448 e. The monoisotopic (exact) mass is 416 g/mol. The second-order valence-electron chi connectivity index (χ2n) is 5.72. The molecule has 0 atom stereocenters. The number of nitrogens with one attached hydrogen (secondary N) is 1. The van der Waals surface area contributed by atoms with Crippen LogP contribution in [-0.2, 0) is 4.74 Å². The summed E-state index contributed by atoms with van der Waals surface area (Å²) in [7, 11) is 3.00. The number of fused-ring (bicyclic) bond motifs is 2. The fourth-order valence-corrected chi connectivity index (χ4v) is 4.29. The van der Waals surface area contributed by atoms with Crippen LogP contribution in [0.2, 0.25) is 0 Å². The Kier molecular flexibility index (Phi) is 7.41. The molecule has 3 amide bonds. The highest BCUT2D eigenvalue weighted by Crippen LogP contribution is 2.36. The quantitative estimate of drug-likeness (QED) is 0.532. The third kappa shape index (κ3) is 5.09. The zero-order valence-electron chi connectivity index (χ0n) is 15.0. The summed E-state index contributed by atoms with van der Waals surface area (Å²) in [6.45, 7) is 0.290. The molecule has 0 fully saturated rings. The molecule has 0 saturated carbocycles. The number of alkyl carbamates (subject to hydrolysis) is 1. The second-order valence-corrected chi connectivity index (χ2v) is 8.42. The summed E-state index contributed by atoms with van der Waals surface area (Å²) in [6, 6.07) is 14.4. The lowest BCUT2D eigenvalue weighted by Gasteiger charge is -2.24. The van der Waals surface area contributed by atoms with Crippen LogP contribution in [0.1, 0.15) is 11.1 Å². The van der Waals surface area contributed by atoms with Crippen molar-refractivity contribution in [2.45, 2.75) is 0 Å². The van der Waals surface area contributed by atoms with Gasteiger partial charge in [-0.1, -0.05) is 70.1 Å². The van der Waals surface area contributed by atoms with Crippen molar-refractivity contribution in [3.05, 3.63) is 59.7 Å². The van der Waals surface area contributed by atoms with E-state index in [0.29, 0.717) is 22.9 Å². The fourth-order valence-electron chi connectivity index (χ4n) is 2.70. The van der Waals surface area contributed by atoms with E-state index in [0.717, 1.165) is 11.1 Å². The molecule has 0 aromatic heterocycles. The number of amides is 3. The van der Waals surface area contributed by atoms with E-state index in [1.165, 1.54) is 26.5 Å². The molecule has 6 nitrogen and oxygen atoms in total. The number of aliphatic hydroxyl groups is 1. The first-order valence-corrected chi connectivity index (χ1v) is 11.2. The second kappa shape index (κ2) is 10.2. The van der Waals surface area contributed by atoms with Crippen molar-refractivity contribution < 1.29 is 19.4 Å². The van der Waals surface area contributed by atoms with Gasteiger partial charge in [-0.2, -0.15) is 0 Å². The Labute approximate surface area is 171 Å². The predicted molar refractivity (Wildman–Crippen MR) is 116 cm³/mol. The molecule has 146 valence electrons. The Morgan fingerprint density at radius 2 is 1.50 bits per heavy atom. The van der Waals surface area contributed by atoms with E-state index in [1.807, 2.05) is 60.7 Å². The molecule has 8 heteroatoms. The Bertz CT molecular complexity index is 823. The van der Waals surface area contributed by atoms with E-state index in [9.17, 15) is 9.59 Å². The number of urea groups is 1. The number of rotatable bonds is 6. The summed E-state index contributed by atoms with van der Waals surface area (Å²) in [5.41, 5.74) is 3.12. The summed E-state index contributed by atoms with van der Waals surface area (Å²) < 4.78 is 5.08. The highest BCUT2D eigenvalue weighted by Gasteiger charge is 2.25. The number of hydrogen-bond acceptors (Lipinski definition) is 6. The highest BCUT2D eigenvalue weighted by atomic mass is 33.1. The Hall–Kier alpha value is -2.42. The minimum atomic E-state index is -0.787. The van der Waals surface area contributed by atoms with Crippen LogP contribution >= 0.6 is 21.6 Å². The van der Waals surface area contributed by atoms with Crippen molar-refractivity contribution in [2.24, 2.45) is 0 Å². The number of imide groups is 1. The standard InChI is InChI=1S/C20H20N2O4S2/c23-11-13-27-28-14-12-26-20(25)21-19(24)22-17-7-3-1-5-15(17)9-10-16-6-2-4-8-18(16)22/h1-10,23H,11-14H2,(H,21,24,25). The molecule has 2 aromatic rings. The van der Waals surface area contributed by atoms with E-state index < -0.39 is 12.1 Å². The molecule has 1 aliphatic heterocycles. The summed E-state index contributed by atoms with van der Waals surface area (Å²) in [6.07, 6.45) is 3.10. The molecule has 2 aromatic carbocycles. The number of anilines is 2. The van der Waals surface area contributed by atoms with Gasteiger partial charge >= 0.3 is 12.1 Å². The predicted octanol–water partition coefficient (Wildman–Crippen LogP) is 4.53. The zero-order valence-corrected chi connectivity index (χ0v) is 16.7. The minimum Gasteiger partial charge on any atom is -0.448 e. The van der Waals surface area contributed by atoms with Crippen LogP contribution in [0.25, 0.3) is 12.2 Å². The van der Waals surface area contributed by atoms with Gasteiger partial charge in [0.25, 0.3) is 0 Å². The fraction of sp³-hybridized carbons (Fsp3) is 0.200. The van der Waals surface area contributed by atoms with Gasteiger partial charge in [0.05, 0.1) is 18.0 Å². The molecule has 0 spiro atoms. The summed E-state index contributed by atoms with van der Waals surface area (Å²) in [4.78, 5) is 26.4. The molecule has 1 aliphatic rings. The minimum absolute atomic E-state index is 0.112. The van der Waals surface area contributed by atoms with Crippen LogP contribution in [0.15, 0.2) is 48.5 Å².